The number of carbonyl (C=O) groups is 1. The maximum absolute atomic E-state index is 12.7. The van der Waals surface area contributed by atoms with Crippen molar-refractivity contribution in [2.45, 2.75) is 277 Å². The van der Waals surface area contributed by atoms with Crippen molar-refractivity contribution in [1.29, 1.82) is 0 Å². The van der Waals surface area contributed by atoms with Gasteiger partial charge in [-0.3, -0.25) is 13.8 Å². The molecule has 0 radical (unpaired) electrons. The Kier molecular flexibility index (Phi) is 53.1. The van der Waals surface area contributed by atoms with Crippen molar-refractivity contribution in [3.05, 3.63) is 48.6 Å². The minimum absolute atomic E-state index is 0.0974. The van der Waals surface area contributed by atoms with Crippen LogP contribution in [0.2, 0.25) is 0 Å². The Bertz CT molecular complexity index is 1160. The van der Waals surface area contributed by atoms with E-state index in [0.29, 0.717) is 13.0 Å². The van der Waals surface area contributed by atoms with Gasteiger partial charge in [-0.1, -0.05) is 236 Å². The van der Waals surface area contributed by atoms with Crippen LogP contribution >= 0.6 is 7.82 Å². The summed E-state index contributed by atoms with van der Waals surface area (Å²) in [6, 6.07) is 0. The van der Waals surface area contributed by atoms with Gasteiger partial charge in [-0.2, -0.15) is 0 Å². The lowest BCUT2D eigenvalue weighted by atomic mass is 10.0. The average Bonchev–Trinajstić information content (AvgIpc) is 3.31. The summed E-state index contributed by atoms with van der Waals surface area (Å²) in [5, 5.41) is 0. The van der Waals surface area contributed by atoms with E-state index >= 15 is 0 Å². The maximum Gasteiger partial charge on any atom is 0.472 e. The Balaban J connectivity index is 3.91. The summed E-state index contributed by atoms with van der Waals surface area (Å²) in [7, 11) is -4.29. The van der Waals surface area contributed by atoms with E-state index in [1.165, 1.54) is 199 Å². The van der Waals surface area contributed by atoms with Crippen LogP contribution in [0.4, 0.5) is 0 Å². The highest BCUT2D eigenvalue weighted by molar-refractivity contribution is 7.47. The van der Waals surface area contributed by atoms with Crippen LogP contribution in [0, 0.1) is 0 Å². The maximum atomic E-state index is 12.7. The van der Waals surface area contributed by atoms with E-state index in [1.807, 2.05) is 0 Å². The second kappa shape index (κ2) is 54.4. The van der Waals surface area contributed by atoms with Gasteiger partial charge in [-0.25, -0.2) is 4.57 Å². The average molecular weight is 950 g/mol. The zero-order valence-corrected chi connectivity index (χ0v) is 44.3. The van der Waals surface area contributed by atoms with Crippen LogP contribution in [0.15, 0.2) is 48.6 Å². The number of ether oxygens (including phenoxy) is 2. The Hall–Kier alpha value is -1.54. The smallest absolute Gasteiger partial charge is 0.457 e. The number of phosphoric acid groups is 1. The molecule has 2 atom stereocenters. The predicted molar refractivity (Wildman–Crippen MR) is 284 cm³/mol. The van der Waals surface area contributed by atoms with Crippen molar-refractivity contribution in [2.24, 2.45) is 5.73 Å². The summed E-state index contributed by atoms with van der Waals surface area (Å²) < 4.78 is 33.7. The fourth-order valence-corrected chi connectivity index (χ4v) is 8.83. The summed E-state index contributed by atoms with van der Waals surface area (Å²) in [5.41, 5.74) is 5.40. The van der Waals surface area contributed by atoms with Gasteiger partial charge < -0.3 is 20.1 Å². The third kappa shape index (κ3) is 53.4. The standard InChI is InChI=1S/C57H108NO7P/c1-3-5-7-9-11-13-15-17-19-21-23-25-27-29-31-33-35-37-39-41-43-45-47-49-52-62-54-56(55-64-66(60,61)63-53-51-58)65-57(59)50-48-46-44-42-40-38-36-34-32-30-28-26-24-22-20-18-16-14-12-10-8-6-4-2/h16,18,21-24,28,30,56H,3-15,17,19-20,25-27,29,31-55,58H2,1-2H3,(H,60,61)/b18-16-,23-21-,24-22-,30-28-. The van der Waals surface area contributed by atoms with Crippen LogP contribution < -0.4 is 5.73 Å². The van der Waals surface area contributed by atoms with E-state index in [9.17, 15) is 14.3 Å². The largest absolute Gasteiger partial charge is 0.472 e. The summed E-state index contributed by atoms with van der Waals surface area (Å²) in [6.45, 7) is 4.94. The van der Waals surface area contributed by atoms with Gasteiger partial charge in [-0.05, 0) is 77.0 Å². The molecule has 0 aliphatic heterocycles. The van der Waals surface area contributed by atoms with Gasteiger partial charge in [0, 0.05) is 19.6 Å². The highest BCUT2D eigenvalue weighted by Crippen LogP contribution is 2.43. The molecule has 388 valence electrons. The van der Waals surface area contributed by atoms with E-state index in [-0.39, 0.29) is 32.3 Å². The molecule has 66 heavy (non-hydrogen) atoms. The molecule has 0 aliphatic rings. The minimum atomic E-state index is -4.29. The molecular formula is C57H108NO7P. The SMILES string of the molecule is CCCCCCC/C=C\C/C=C\C/C=C\CCCCCCCCCCC(=O)OC(COCCCCCCCCCCCCCC/C=C\CCCCCCCCCC)COP(=O)(O)OCCN. The first-order valence-electron chi connectivity index (χ1n) is 28.1. The van der Waals surface area contributed by atoms with E-state index < -0.39 is 13.9 Å². The quantitative estimate of drug-likeness (QED) is 0.0268. The monoisotopic (exact) mass is 950 g/mol. The number of phosphoric ester groups is 1. The predicted octanol–water partition coefficient (Wildman–Crippen LogP) is 17.9. The molecule has 0 aliphatic carbocycles. The molecule has 8 nitrogen and oxygen atoms in total. The van der Waals surface area contributed by atoms with Gasteiger partial charge in [0.05, 0.1) is 19.8 Å². The Morgan fingerprint density at radius 2 is 0.803 bits per heavy atom. The van der Waals surface area contributed by atoms with Crippen LogP contribution in [-0.4, -0.2) is 49.9 Å². The number of nitrogens with two attached hydrogens (primary N) is 1. The third-order valence-electron chi connectivity index (χ3n) is 12.2. The number of esters is 1. The molecule has 0 rings (SSSR count). The normalized spacial score (nSPS) is 13.6. The van der Waals surface area contributed by atoms with Crippen LogP contribution in [0.5, 0.6) is 0 Å². The van der Waals surface area contributed by atoms with Gasteiger partial charge in [0.15, 0.2) is 0 Å². The van der Waals surface area contributed by atoms with E-state index in [1.54, 1.807) is 0 Å². The van der Waals surface area contributed by atoms with Crippen molar-refractivity contribution in [3.8, 4) is 0 Å². The molecule has 2 unspecified atom stereocenters. The van der Waals surface area contributed by atoms with Crippen molar-refractivity contribution in [2.75, 3.05) is 33.0 Å². The van der Waals surface area contributed by atoms with Crippen molar-refractivity contribution < 1.29 is 32.8 Å². The van der Waals surface area contributed by atoms with E-state index in [4.69, 9.17) is 24.3 Å². The summed E-state index contributed by atoms with van der Waals surface area (Å²) in [4.78, 5) is 22.6. The molecule has 0 aromatic heterocycles. The van der Waals surface area contributed by atoms with Crippen molar-refractivity contribution in [1.82, 2.24) is 0 Å². The van der Waals surface area contributed by atoms with Gasteiger partial charge in [-0.15, -0.1) is 0 Å². The van der Waals surface area contributed by atoms with Gasteiger partial charge >= 0.3 is 13.8 Å². The summed E-state index contributed by atoms with van der Waals surface area (Å²) in [6.07, 6.45) is 67.3. The van der Waals surface area contributed by atoms with Gasteiger partial charge in [0.2, 0.25) is 0 Å². The van der Waals surface area contributed by atoms with Crippen LogP contribution in [-0.2, 0) is 27.9 Å². The molecule has 0 spiro atoms. The van der Waals surface area contributed by atoms with Crippen LogP contribution in [0.25, 0.3) is 0 Å². The van der Waals surface area contributed by atoms with Gasteiger partial charge in [0.1, 0.15) is 6.10 Å². The number of unbranched alkanes of at least 4 members (excludes halogenated alkanes) is 33. The zero-order valence-electron chi connectivity index (χ0n) is 43.4. The molecule has 9 heteroatoms. The molecule has 0 aromatic rings. The lowest BCUT2D eigenvalue weighted by Crippen LogP contribution is -2.28. The zero-order chi connectivity index (χ0) is 48.0. The Morgan fingerprint density at radius 1 is 0.455 bits per heavy atom. The lowest BCUT2D eigenvalue weighted by molar-refractivity contribution is -0.154. The third-order valence-corrected chi connectivity index (χ3v) is 13.2. The second-order valence-electron chi connectivity index (χ2n) is 18.8. The highest BCUT2D eigenvalue weighted by Gasteiger charge is 2.25. The molecule has 0 aromatic carbocycles. The second-order valence-corrected chi connectivity index (χ2v) is 20.2. The topological polar surface area (TPSA) is 117 Å². The molecule has 0 saturated carbocycles. The number of carbonyl (C=O) groups excluding carboxylic acids is 1. The van der Waals surface area contributed by atoms with Gasteiger partial charge in [0.25, 0.3) is 0 Å². The molecule has 0 heterocycles. The Morgan fingerprint density at radius 3 is 1.21 bits per heavy atom. The van der Waals surface area contributed by atoms with E-state index in [0.717, 1.165) is 51.4 Å². The number of hydrogen-bond acceptors (Lipinski definition) is 7. The lowest BCUT2D eigenvalue weighted by Gasteiger charge is -2.20. The Labute approximate surface area is 409 Å². The molecule has 0 bridgehead atoms. The molecule has 0 fully saturated rings. The van der Waals surface area contributed by atoms with Crippen molar-refractivity contribution >= 4 is 13.8 Å². The fraction of sp³-hybridized carbons (Fsp3) is 0.842. The van der Waals surface area contributed by atoms with Crippen LogP contribution in [0.1, 0.15) is 271 Å². The highest BCUT2D eigenvalue weighted by atomic mass is 31.2. The number of allylic oxidation sites excluding steroid dienone is 8. The number of hydrogen-bond donors (Lipinski definition) is 2. The van der Waals surface area contributed by atoms with E-state index in [2.05, 4.69) is 62.5 Å². The summed E-state index contributed by atoms with van der Waals surface area (Å²) in [5.74, 6) is -0.334. The van der Waals surface area contributed by atoms with Crippen molar-refractivity contribution in [3.63, 3.8) is 0 Å². The fourth-order valence-electron chi connectivity index (χ4n) is 8.06. The molecule has 3 N–H and O–H groups in total. The molecule has 0 amide bonds. The number of rotatable bonds is 54. The summed E-state index contributed by atoms with van der Waals surface area (Å²) >= 11 is 0. The molecule has 0 saturated heterocycles. The van der Waals surface area contributed by atoms with Crippen LogP contribution in [0.3, 0.4) is 0 Å². The first-order chi connectivity index (χ1) is 32.4. The first kappa shape index (κ1) is 64.5. The first-order valence-corrected chi connectivity index (χ1v) is 29.6. The minimum Gasteiger partial charge on any atom is -0.457 e. The molecular weight excluding hydrogens is 842 g/mol.